The summed E-state index contributed by atoms with van der Waals surface area (Å²) in [6, 6.07) is -0.267. The molecule has 0 fully saturated rings. The fourth-order valence-electron chi connectivity index (χ4n) is 3.04. The lowest BCUT2D eigenvalue weighted by Gasteiger charge is -2.17. The molecule has 0 unspecified atom stereocenters. The van der Waals surface area contributed by atoms with Crippen molar-refractivity contribution >= 4 is 11.6 Å². The second-order valence-corrected chi connectivity index (χ2v) is 6.42. The molecule has 9 nitrogen and oxygen atoms in total. The second-order valence-electron chi connectivity index (χ2n) is 6.42. The zero-order chi connectivity index (χ0) is 19.4. The van der Waals surface area contributed by atoms with Crippen molar-refractivity contribution in [1.29, 1.82) is 0 Å². The molecule has 3 aromatic rings. The van der Waals surface area contributed by atoms with Crippen molar-refractivity contribution in [2.75, 3.05) is 13.1 Å². The van der Waals surface area contributed by atoms with E-state index in [2.05, 4.69) is 44.3 Å². The molecule has 3 aromatic heterocycles. The van der Waals surface area contributed by atoms with Gasteiger partial charge < -0.3 is 9.88 Å². The Morgan fingerprint density at radius 3 is 2.74 bits per heavy atom. The van der Waals surface area contributed by atoms with Gasteiger partial charge in [-0.3, -0.25) is 9.69 Å². The number of carbonyl (C=O) groups is 1. The topological polar surface area (TPSA) is 93.2 Å². The van der Waals surface area contributed by atoms with Crippen LogP contribution < -0.4 is 5.32 Å². The molecule has 0 aliphatic carbocycles. The molecule has 0 saturated carbocycles. The summed E-state index contributed by atoms with van der Waals surface area (Å²) in [6.45, 7) is 11.7. The Kier molecular flexibility index (Phi) is 5.80. The van der Waals surface area contributed by atoms with Crippen LogP contribution in [0, 0.1) is 0 Å². The molecule has 9 heteroatoms. The first-order valence-electron chi connectivity index (χ1n) is 9.30. The van der Waals surface area contributed by atoms with Gasteiger partial charge in [-0.15, -0.1) is 10.2 Å². The second kappa shape index (κ2) is 8.26. The highest BCUT2D eigenvalue weighted by Gasteiger charge is 2.20. The van der Waals surface area contributed by atoms with Crippen LogP contribution in [0.2, 0.25) is 0 Å². The maximum absolute atomic E-state index is 12.7. The van der Waals surface area contributed by atoms with E-state index in [1.807, 2.05) is 30.8 Å². The summed E-state index contributed by atoms with van der Waals surface area (Å²) in [7, 11) is 0. The van der Waals surface area contributed by atoms with Gasteiger partial charge in [0.1, 0.15) is 11.9 Å². The van der Waals surface area contributed by atoms with Crippen LogP contribution in [0.25, 0.3) is 5.65 Å². The van der Waals surface area contributed by atoms with E-state index >= 15 is 0 Å². The summed E-state index contributed by atoms with van der Waals surface area (Å²) in [5.41, 5.74) is 2.05. The van der Waals surface area contributed by atoms with Gasteiger partial charge in [-0.25, -0.2) is 9.50 Å². The molecule has 3 rings (SSSR count). The standard InChI is InChI=1S/C18H26N8O/c1-5-24(6-2)10-14-8-19-17-15(9-21-26(17)11-14)18(27)22-13(4)16-23-20-12-25(16)7-3/h8-9,11-13H,5-7,10H2,1-4H3,(H,22,27)/t13-/m0/s1. The van der Waals surface area contributed by atoms with Crippen LogP contribution >= 0.6 is 0 Å². The number of hydrogen-bond acceptors (Lipinski definition) is 6. The Morgan fingerprint density at radius 1 is 1.26 bits per heavy atom. The quantitative estimate of drug-likeness (QED) is 0.648. The van der Waals surface area contributed by atoms with E-state index in [0.29, 0.717) is 11.2 Å². The summed E-state index contributed by atoms with van der Waals surface area (Å²) in [6.07, 6.45) is 6.94. The van der Waals surface area contributed by atoms with E-state index in [1.54, 1.807) is 17.0 Å². The van der Waals surface area contributed by atoms with Crippen molar-refractivity contribution in [2.24, 2.45) is 0 Å². The molecule has 1 amide bonds. The van der Waals surface area contributed by atoms with Crippen molar-refractivity contribution < 1.29 is 4.79 Å². The van der Waals surface area contributed by atoms with Crippen molar-refractivity contribution in [3.8, 4) is 0 Å². The summed E-state index contributed by atoms with van der Waals surface area (Å²) < 4.78 is 3.56. The molecule has 144 valence electrons. The molecular weight excluding hydrogens is 344 g/mol. The summed E-state index contributed by atoms with van der Waals surface area (Å²) >= 11 is 0. The van der Waals surface area contributed by atoms with Crippen LogP contribution in [-0.2, 0) is 13.1 Å². The number of nitrogens with one attached hydrogen (secondary N) is 1. The average Bonchev–Trinajstić information content (AvgIpc) is 3.32. The number of aryl methyl sites for hydroxylation is 1. The third-order valence-corrected chi connectivity index (χ3v) is 4.68. The van der Waals surface area contributed by atoms with E-state index < -0.39 is 0 Å². The SMILES string of the molecule is CCN(CC)Cc1cnc2c(C(=O)N[C@@H](C)c3nncn3CC)cnn2c1. The molecule has 0 aliphatic heterocycles. The van der Waals surface area contributed by atoms with Gasteiger partial charge >= 0.3 is 0 Å². The highest BCUT2D eigenvalue weighted by atomic mass is 16.1. The van der Waals surface area contributed by atoms with Crippen LogP contribution in [0.4, 0.5) is 0 Å². The molecule has 0 radical (unpaired) electrons. The van der Waals surface area contributed by atoms with Gasteiger partial charge in [0.25, 0.3) is 5.91 Å². The van der Waals surface area contributed by atoms with Gasteiger partial charge in [0, 0.05) is 31.0 Å². The molecular formula is C18H26N8O. The van der Waals surface area contributed by atoms with E-state index in [1.165, 1.54) is 0 Å². The van der Waals surface area contributed by atoms with E-state index in [4.69, 9.17) is 0 Å². The number of fused-ring (bicyclic) bond motifs is 1. The maximum Gasteiger partial charge on any atom is 0.257 e. The van der Waals surface area contributed by atoms with Crippen LogP contribution in [0.1, 0.15) is 55.5 Å². The van der Waals surface area contributed by atoms with Crippen LogP contribution in [0.15, 0.2) is 24.9 Å². The number of nitrogens with zero attached hydrogens (tertiary/aromatic N) is 7. The van der Waals surface area contributed by atoms with E-state index in [9.17, 15) is 4.79 Å². The minimum atomic E-state index is -0.267. The molecule has 0 saturated heterocycles. The Labute approximate surface area is 158 Å². The lowest BCUT2D eigenvalue weighted by molar-refractivity contribution is 0.0939. The molecule has 0 aliphatic rings. The number of amides is 1. The molecule has 0 spiro atoms. The zero-order valence-corrected chi connectivity index (χ0v) is 16.3. The number of aromatic nitrogens is 6. The van der Waals surface area contributed by atoms with Gasteiger partial charge in [0.05, 0.1) is 12.2 Å². The van der Waals surface area contributed by atoms with Crippen LogP contribution in [-0.4, -0.2) is 53.3 Å². The van der Waals surface area contributed by atoms with Gasteiger partial charge in [-0.2, -0.15) is 5.10 Å². The summed E-state index contributed by atoms with van der Waals surface area (Å²) in [5, 5.41) is 15.3. The fourth-order valence-corrected chi connectivity index (χ4v) is 3.04. The zero-order valence-electron chi connectivity index (χ0n) is 16.3. The molecule has 0 bridgehead atoms. The highest BCUT2D eigenvalue weighted by molar-refractivity contribution is 5.99. The normalized spacial score (nSPS) is 12.6. The summed E-state index contributed by atoms with van der Waals surface area (Å²) in [4.78, 5) is 19.5. The van der Waals surface area contributed by atoms with Gasteiger partial charge in [-0.1, -0.05) is 13.8 Å². The smallest absolute Gasteiger partial charge is 0.257 e. The minimum Gasteiger partial charge on any atom is -0.342 e. The third-order valence-electron chi connectivity index (χ3n) is 4.68. The molecule has 1 N–H and O–H groups in total. The van der Waals surface area contributed by atoms with Crippen LogP contribution in [0.5, 0.6) is 0 Å². The lowest BCUT2D eigenvalue weighted by atomic mass is 10.2. The van der Waals surface area contributed by atoms with Crippen molar-refractivity contribution in [3.63, 3.8) is 0 Å². The first kappa shape index (κ1) is 19.0. The predicted molar refractivity (Wildman–Crippen MR) is 101 cm³/mol. The van der Waals surface area contributed by atoms with E-state index in [-0.39, 0.29) is 11.9 Å². The number of carbonyl (C=O) groups excluding carboxylic acids is 1. The first-order valence-corrected chi connectivity index (χ1v) is 9.30. The Balaban J connectivity index is 1.77. The minimum absolute atomic E-state index is 0.229. The van der Waals surface area contributed by atoms with Crippen LogP contribution in [0.3, 0.4) is 0 Å². The Hall–Kier alpha value is -2.81. The number of rotatable bonds is 8. The van der Waals surface area contributed by atoms with Gasteiger partial charge in [-0.05, 0) is 26.9 Å². The molecule has 3 heterocycles. The van der Waals surface area contributed by atoms with Crippen molar-refractivity contribution in [3.05, 3.63) is 41.9 Å². The first-order chi connectivity index (χ1) is 13.1. The van der Waals surface area contributed by atoms with Gasteiger partial charge in [0.15, 0.2) is 11.5 Å². The third kappa shape index (κ3) is 3.97. The van der Waals surface area contributed by atoms with Crippen molar-refractivity contribution in [2.45, 2.75) is 46.8 Å². The Morgan fingerprint density at radius 2 is 2.04 bits per heavy atom. The highest BCUT2D eigenvalue weighted by Crippen LogP contribution is 2.14. The maximum atomic E-state index is 12.7. The lowest BCUT2D eigenvalue weighted by Crippen LogP contribution is -2.28. The average molecular weight is 370 g/mol. The fraction of sp³-hybridized carbons (Fsp3) is 0.500. The molecule has 27 heavy (non-hydrogen) atoms. The Bertz CT molecular complexity index is 911. The van der Waals surface area contributed by atoms with Crippen molar-refractivity contribution in [1.82, 2.24) is 39.6 Å². The van der Waals surface area contributed by atoms with E-state index in [0.717, 1.165) is 37.6 Å². The predicted octanol–water partition coefficient (Wildman–Crippen LogP) is 1.67. The monoisotopic (exact) mass is 370 g/mol. The summed E-state index contributed by atoms with van der Waals surface area (Å²) in [5.74, 6) is 0.490. The van der Waals surface area contributed by atoms with Gasteiger partial charge in [0.2, 0.25) is 0 Å². The molecule has 0 aromatic carbocycles. The number of hydrogen-bond donors (Lipinski definition) is 1. The molecule has 1 atom stereocenters. The largest absolute Gasteiger partial charge is 0.342 e.